The van der Waals surface area contributed by atoms with Crippen LogP contribution in [0, 0.1) is 0 Å². The molecule has 1 amide bonds. The Hall–Kier alpha value is -1.56. The molecule has 0 radical (unpaired) electrons. The van der Waals surface area contributed by atoms with Gasteiger partial charge in [-0.05, 0) is 63.8 Å². The van der Waals surface area contributed by atoms with Crippen LogP contribution < -0.4 is 0 Å². The Morgan fingerprint density at radius 2 is 2.04 bits per heavy atom. The molecule has 1 aliphatic rings. The highest BCUT2D eigenvalue weighted by molar-refractivity contribution is 9.10. The molecule has 6 heteroatoms. The molecule has 0 N–H and O–H groups in total. The Balaban J connectivity index is 2.26. The molecule has 0 spiro atoms. The predicted octanol–water partition coefficient (Wildman–Crippen LogP) is 4.24. The monoisotopic (exact) mass is 397 g/mol. The normalized spacial score (nSPS) is 16.5. The van der Waals surface area contributed by atoms with Crippen molar-refractivity contribution in [3.05, 3.63) is 33.8 Å². The SMILES string of the molecule is CCOC(=O)CN(C(=O)OC(C)(C)C)C1CCc2cc(Br)ccc21. The van der Waals surface area contributed by atoms with Crippen LogP contribution in [0.4, 0.5) is 4.79 Å². The number of hydrogen-bond donors (Lipinski definition) is 0. The highest BCUT2D eigenvalue weighted by atomic mass is 79.9. The third kappa shape index (κ3) is 4.72. The van der Waals surface area contributed by atoms with Crippen molar-refractivity contribution in [1.82, 2.24) is 4.90 Å². The molecule has 24 heavy (non-hydrogen) atoms. The van der Waals surface area contributed by atoms with E-state index >= 15 is 0 Å². The maximum absolute atomic E-state index is 12.6. The Kier molecular flexibility index (Phi) is 5.91. The number of hydrogen-bond acceptors (Lipinski definition) is 4. The Morgan fingerprint density at radius 1 is 1.33 bits per heavy atom. The Labute approximate surface area is 151 Å². The summed E-state index contributed by atoms with van der Waals surface area (Å²) in [6, 6.07) is 5.84. The molecule has 0 heterocycles. The van der Waals surface area contributed by atoms with Crippen LogP contribution in [0.3, 0.4) is 0 Å². The summed E-state index contributed by atoms with van der Waals surface area (Å²) in [7, 11) is 0. The van der Waals surface area contributed by atoms with Crippen molar-refractivity contribution in [3.63, 3.8) is 0 Å². The highest BCUT2D eigenvalue weighted by Gasteiger charge is 2.35. The summed E-state index contributed by atoms with van der Waals surface area (Å²) in [6.07, 6.45) is 1.14. The zero-order chi connectivity index (χ0) is 17.9. The van der Waals surface area contributed by atoms with Crippen molar-refractivity contribution in [2.75, 3.05) is 13.2 Å². The number of ether oxygens (including phenoxy) is 2. The van der Waals surface area contributed by atoms with Crippen molar-refractivity contribution >= 4 is 28.0 Å². The van der Waals surface area contributed by atoms with Gasteiger partial charge in [0.2, 0.25) is 0 Å². The molecule has 1 aromatic carbocycles. The van der Waals surface area contributed by atoms with Crippen molar-refractivity contribution in [2.45, 2.75) is 52.2 Å². The first-order valence-corrected chi connectivity index (χ1v) is 8.94. The van der Waals surface area contributed by atoms with Crippen LogP contribution in [0.2, 0.25) is 0 Å². The van der Waals surface area contributed by atoms with Crippen LogP contribution >= 0.6 is 15.9 Å². The largest absolute Gasteiger partial charge is 0.465 e. The van der Waals surface area contributed by atoms with E-state index < -0.39 is 17.7 Å². The number of carbonyl (C=O) groups is 2. The van der Waals surface area contributed by atoms with Crippen LogP contribution in [0.1, 0.15) is 51.3 Å². The van der Waals surface area contributed by atoms with Crippen LogP contribution in [0.25, 0.3) is 0 Å². The fourth-order valence-corrected chi connectivity index (χ4v) is 3.26. The molecule has 0 saturated heterocycles. The lowest BCUT2D eigenvalue weighted by Crippen LogP contribution is -2.42. The van der Waals surface area contributed by atoms with E-state index in [0.717, 1.165) is 22.9 Å². The van der Waals surface area contributed by atoms with Crippen LogP contribution in [-0.4, -0.2) is 35.7 Å². The van der Waals surface area contributed by atoms with Crippen molar-refractivity contribution < 1.29 is 19.1 Å². The van der Waals surface area contributed by atoms with Gasteiger partial charge in [-0.25, -0.2) is 4.79 Å². The van der Waals surface area contributed by atoms with Gasteiger partial charge in [0.05, 0.1) is 12.6 Å². The average Bonchev–Trinajstić information content (AvgIpc) is 2.85. The number of esters is 1. The van der Waals surface area contributed by atoms with Gasteiger partial charge in [0, 0.05) is 4.47 Å². The lowest BCUT2D eigenvalue weighted by atomic mass is 10.1. The lowest BCUT2D eigenvalue weighted by Gasteiger charge is -2.31. The topological polar surface area (TPSA) is 55.8 Å². The first-order valence-electron chi connectivity index (χ1n) is 8.15. The number of aryl methyl sites for hydroxylation is 1. The lowest BCUT2D eigenvalue weighted by molar-refractivity contribution is -0.145. The van der Waals surface area contributed by atoms with Gasteiger partial charge < -0.3 is 9.47 Å². The maximum atomic E-state index is 12.6. The minimum atomic E-state index is -0.620. The van der Waals surface area contributed by atoms with E-state index in [4.69, 9.17) is 9.47 Å². The van der Waals surface area contributed by atoms with Gasteiger partial charge in [-0.1, -0.05) is 22.0 Å². The van der Waals surface area contributed by atoms with Crippen molar-refractivity contribution in [3.8, 4) is 0 Å². The van der Waals surface area contributed by atoms with Crippen molar-refractivity contribution in [1.29, 1.82) is 0 Å². The van der Waals surface area contributed by atoms with Crippen LogP contribution in [0.15, 0.2) is 22.7 Å². The smallest absolute Gasteiger partial charge is 0.411 e. The second-order valence-corrected chi connectivity index (χ2v) is 7.73. The molecule has 132 valence electrons. The maximum Gasteiger partial charge on any atom is 0.411 e. The van der Waals surface area contributed by atoms with Gasteiger partial charge in [0.25, 0.3) is 0 Å². The zero-order valence-corrected chi connectivity index (χ0v) is 16.2. The van der Waals surface area contributed by atoms with Gasteiger partial charge >= 0.3 is 12.1 Å². The second-order valence-electron chi connectivity index (χ2n) is 6.81. The van der Waals surface area contributed by atoms with E-state index in [9.17, 15) is 9.59 Å². The molecule has 0 saturated carbocycles. The fourth-order valence-electron chi connectivity index (χ4n) is 2.86. The minimum Gasteiger partial charge on any atom is -0.465 e. The molecule has 1 aromatic rings. The number of amides is 1. The molecule has 1 atom stereocenters. The van der Waals surface area contributed by atoms with Crippen LogP contribution in [0.5, 0.6) is 0 Å². The van der Waals surface area contributed by atoms with E-state index in [0.29, 0.717) is 0 Å². The first-order chi connectivity index (χ1) is 11.2. The summed E-state index contributed by atoms with van der Waals surface area (Å²) in [5, 5.41) is 0. The fraction of sp³-hybridized carbons (Fsp3) is 0.556. The summed E-state index contributed by atoms with van der Waals surface area (Å²) in [6.45, 7) is 7.36. The number of benzene rings is 1. The molecule has 0 aliphatic heterocycles. The Morgan fingerprint density at radius 3 is 2.67 bits per heavy atom. The van der Waals surface area contributed by atoms with Gasteiger partial charge in [0.15, 0.2) is 0 Å². The summed E-state index contributed by atoms with van der Waals surface area (Å²) < 4.78 is 11.5. The number of carbonyl (C=O) groups excluding carboxylic acids is 2. The van der Waals surface area contributed by atoms with E-state index in [2.05, 4.69) is 22.0 Å². The molecule has 0 aromatic heterocycles. The van der Waals surface area contributed by atoms with E-state index in [1.54, 1.807) is 6.92 Å². The molecule has 2 rings (SSSR count). The van der Waals surface area contributed by atoms with E-state index in [-0.39, 0.29) is 19.2 Å². The molecule has 5 nitrogen and oxygen atoms in total. The quantitative estimate of drug-likeness (QED) is 0.712. The van der Waals surface area contributed by atoms with Gasteiger partial charge in [-0.15, -0.1) is 0 Å². The summed E-state index contributed by atoms with van der Waals surface area (Å²) in [4.78, 5) is 26.1. The first kappa shape index (κ1) is 18.8. The molecule has 1 aliphatic carbocycles. The molecular formula is C18H24BrNO4. The molecular weight excluding hydrogens is 374 g/mol. The van der Waals surface area contributed by atoms with Crippen molar-refractivity contribution in [2.24, 2.45) is 0 Å². The Bertz CT molecular complexity index is 624. The summed E-state index contributed by atoms with van der Waals surface area (Å²) >= 11 is 3.47. The highest BCUT2D eigenvalue weighted by Crippen LogP contribution is 2.37. The third-order valence-electron chi connectivity index (χ3n) is 3.76. The third-order valence-corrected chi connectivity index (χ3v) is 4.25. The van der Waals surface area contributed by atoms with Gasteiger partial charge in [0.1, 0.15) is 12.1 Å². The number of rotatable bonds is 4. The molecule has 0 bridgehead atoms. The second kappa shape index (κ2) is 7.55. The zero-order valence-electron chi connectivity index (χ0n) is 14.6. The van der Waals surface area contributed by atoms with Gasteiger partial charge in [-0.3, -0.25) is 9.69 Å². The molecule has 1 unspecified atom stereocenters. The molecule has 0 fully saturated rings. The summed E-state index contributed by atoms with van der Waals surface area (Å²) in [5.74, 6) is -0.422. The number of halogens is 1. The number of fused-ring (bicyclic) bond motifs is 1. The summed E-state index contributed by atoms with van der Waals surface area (Å²) in [5.41, 5.74) is 1.63. The standard InChI is InChI=1S/C18H24BrNO4/c1-5-23-16(21)11-20(17(22)24-18(2,3)4)15-9-6-12-10-13(19)7-8-14(12)15/h7-8,10,15H,5-6,9,11H2,1-4H3. The average molecular weight is 398 g/mol. The van der Waals surface area contributed by atoms with Crippen LogP contribution in [-0.2, 0) is 20.7 Å². The van der Waals surface area contributed by atoms with E-state index in [1.807, 2.05) is 32.9 Å². The minimum absolute atomic E-state index is 0.108. The van der Waals surface area contributed by atoms with Gasteiger partial charge in [-0.2, -0.15) is 0 Å². The van der Waals surface area contributed by atoms with E-state index in [1.165, 1.54) is 10.5 Å². The predicted molar refractivity (Wildman–Crippen MR) is 94.8 cm³/mol. The number of nitrogens with zero attached hydrogens (tertiary/aromatic N) is 1.